The average molecular weight is 291 g/mol. The Hall–Kier alpha value is -1.55. The van der Waals surface area contributed by atoms with Crippen LogP contribution >= 0.6 is 0 Å². The molecule has 1 aliphatic heterocycles. The minimum atomic E-state index is -0.895. The first kappa shape index (κ1) is 15.8. The SMILES string of the molecule is CCOC(=O)C1(Nc2ccccc2)CC(C)(C)OC1(C)C. The lowest BCUT2D eigenvalue weighted by molar-refractivity contribution is -0.155. The molecular weight excluding hydrogens is 266 g/mol. The van der Waals surface area contributed by atoms with Crippen LogP contribution in [0.4, 0.5) is 5.69 Å². The second kappa shape index (κ2) is 5.34. The van der Waals surface area contributed by atoms with Gasteiger partial charge in [0.2, 0.25) is 0 Å². The molecule has 0 spiro atoms. The van der Waals surface area contributed by atoms with Gasteiger partial charge in [-0.05, 0) is 46.8 Å². The van der Waals surface area contributed by atoms with Gasteiger partial charge in [0.25, 0.3) is 0 Å². The number of nitrogens with one attached hydrogen (secondary N) is 1. The van der Waals surface area contributed by atoms with Crippen molar-refractivity contribution in [3.05, 3.63) is 30.3 Å². The van der Waals surface area contributed by atoms with Crippen LogP contribution in [0.3, 0.4) is 0 Å². The highest BCUT2D eigenvalue weighted by molar-refractivity contribution is 5.87. The molecule has 0 radical (unpaired) electrons. The fourth-order valence-electron chi connectivity index (χ4n) is 3.25. The van der Waals surface area contributed by atoms with Crippen LogP contribution in [-0.4, -0.2) is 29.3 Å². The van der Waals surface area contributed by atoms with E-state index in [1.54, 1.807) is 0 Å². The summed E-state index contributed by atoms with van der Waals surface area (Å²) in [5.74, 6) is -0.260. The van der Waals surface area contributed by atoms with E-state index in [0.29, 0.717) is 13.0 Å². The topological polar surface area (TPSA) is 47.6 Å². The number of esters is 1. The van der Waals surface area contributed by atoms with Crippen molar-refractivity contribution in [1.29, 1.82) is 0 Å². The predicted molar refractivity (Wildman–Crippen MR) is 83.3 cm³/mol. The Morgan fingerprint density at radius 1 is 1.24 bits per heavy atom. The van der Waals surface area contributed by atoms with E-state index in [1.165, 1.54) is 0 Å². The monoisotopic (exact) mass is 291 g/mol. The van der Waals surface area contributed by atoms with Gasteiger partial charge in [-0.25, -0.2) is 4.79 Å². The van der Waals surface area contributed by atoms with Crippen molar-refractivity contribution in [2.24, 2.45) is 0 Å². The van der Waals surface area contributed by atoms with Gasteiger partial charge in [0.15, 0.2) is 5.54 Å². The summed E-state index contributed by atoms with van der Waals surface area (Å²) in [6.45, 7) is 10.1. The molecule has 0 amide bonds. The summed E-state index contributed by atoms with van der Waals surface area (Å²) in [5, 5.41) is 3.39. The van der Waals surface area contributed by atoms with Gasteiger partial charge in [-0.3, -0.25) is 0 Å². The molecule has 1 aromatic carbocycles. The van der Waals surface area contributed by atoms with Crippen molar-refractivity contribution in [2.45, 2.75) is 57.8 Å². The van der Waals surface area contributed by atoms with Crippen LogP contribution < -0.4 is 5.32 Å². The highest BCUT2D eigenvalue weighted by Crippen LogP contribution is 2.47. The first-order chi connectivity index (χ1) is 9.72. The van der Waals surface area contributed by atoms with Crippen molar-refractivity contribution in [2.75, 3.05) is 11.9 Å². The number of benzene rings is 1. The average Bonchev–Trinajstić information content (AvgIpc) is 2.56. The lowest BCUT2D eigenvalue weighted by atomic mass is 9.78. The van der Waals surface area contributed by atoms with Crippen molar-refractivity contribution in [1.82, 2.24) is 0 Å². The number of para-hydroxylation sites is 1. The van der Waals surface area contributed by atoms with Crippen molar-refractivity contribution < 1.29 is 14.3 Å². The maximum Gasteiger partial charge on any atom is 0.334 e. The molecule has 1 fully saturated rings. The lowest BCUT2D eigenvalue weighted by Gasteiger charge is -2.38. The zero-order valence-electron chi connectivity index (χ0n) is 13.5. The molecule has 1 aliphatic rings. The van der Waals surface area contributed by atoms with E-state index >= 15 is 0 Å². The van der Waals surface area contributed by atoms with E-state index in [0.717, 1.165) is 5.69 Å². The van der Waals surface area contributed by atoms with Crippen LogP contribution in [0.2, 0.25) is 0 Å². The van der Waals surface area contributed by atoms with Crippen molar-refractivity contribution >= 4 is 11.7 Å². The Morgan fingerprint density at radius 2 is 1.86 bits per heavy atom. The highest BCUT2D eigenvalue weighted by atomic mass is 16.6. The Morgan fingerprint density at radius 3 is 2.33 bits per heavy atom. The molecular formula is C17H25NO3. The standard InChI is InChI=1S/C17H25NO3/c1-6-20-14(19)17(18-13-10-8-7-9-11-13)12-15(2,3)21-16(17,4)5/h7-11,18H,6,12H2,1-5H3. The molecule has 1 unspecified atom stereocenters. The summed E-state index contributed by atoms with van der Waals surface area (Å²) >= 11 is 0. The fourth-order valence-corrected chi connectivity index (χ4v) is 3.25. The normalized spacial score (nSPS) is 26.3. The molecule has 1 saturated heterocycles. The number of carbonyl (C=O) groups excluding carboxylic acids is 1. The maximum atomic E-state index is 12.7. The van der Waals surface area contributed by atoms with E-state index in [2.05, 4.69) is 5.32 Å². The predicted octanol–water partition coefficient (Wildman–Crippen LogP) is 3.38. The molecule has 1 N–H and O–H groups in total. The van der Waals surface area contributed by atoms with Crippen LogP contribution in [0.25, 0.3) is 0 Å². The smallest absolute Gasteiger partial charge is 0.334 e. The Balaban J connectivity index is 2.43. The minimum Gasteiger partial charge on any atom is -0.464 e. The summed E-state index contributed by atoms with van der Waals surface area (Å²) in [7, 11) is 0. The second-order valence-electron chi connectivity index (χ2n) is 6.67. The molecule has 1 atom stereocenters. The lowest BCUT2D eigenvalue weighted by Crippen LogP contribution is -2.59. The highest BCUT2D eigenvalue weighted by Gasteiger charge is 2.62. The van der Waals surface area contributed by atoms with E-state index in [1.807, 2.05) is 65.0 Å². The van der Waals surface area contributed by atoms with Gasteiger partial charge in [0, 0.05) is 12.1 Å². The summed E-state index contributed by atoms with van der Waals surface area (Å²) < 4.78 is 11.5. The van der Waals surface area contributed by atoms with Gasteiger partial charge in [0.1, 0.15) is 0 Å². The molecule has 116 valence electrons. The summed E-state index contributed by atoms with van der Waals surface area (Å²) in [6.07, 6.45) is 0.556. The summed E-state index contributed by atoms with van der Waals surface area (Å²) in [4.78, 5) is 12.7. The number of carbonyl (C=O) groups is 1. The second-order valence-corrected chi connectivity index (χ2v) is 6.67. The third kappa shape index (κ3) is 2.91. The number of hydrogen-bond donors (Lipinski definition) is 1. The summed E-state index contributed by atoms with van der Waals surface area (Å²) in [6, 6.07) is 9.72. The van der Waals surface area contributed by atoms with Gasteiger partial charge in [0.05, 0.1) is 17.8 Å². The van der Waals surface area contributed by atoms with Crippen LogP contribution in [0.1, 0.15) is 41.0 Å². The largest absolute Gasteiger partial charge is 0.464 e. The molecule has 0 aliphatic carbocycles. The van der Waals surface area contributed by atoms with Gasteiger partial charge in [-0.2, -0.15) is 0 Å². The van der Waals surface area contributed by atoms with E-state index in [4.69, 9.17) is 9.47 Å². The molecule has 1 heterocycles. The van der Waals surface area contributed by atoms with Crippen LogP contribution in [0.15, 0.2) is 30.3 Å². The third-order valence-corrected chi connectivity index (χ3v) is 4.01. The van der Waals surface area contributed by atoms with E-state index < -0.39 is 16.7 Å². The van der Waals surface area contributed by atoms with Gasteiger partial charge >= 0.3 is 5.97 Å². The molecule has 2 rings (SSSR count). The zero-order chi connectivity index (χ0) is 15.7. The number of anilines is 1. The number of rotatable bonds is 4. The van der Waals surface area contributed by atoms with Crippen LogP contribution in [0.5, 0.6) is 0 Å². The van der Waals surface area contributed by atoms with Crippen LogP contribution in [-0.2, 0) is 14.3 Å². The molecule has 0 saturated carbocycles. The Labute approximate surface area is 126 Å². The third-order valence-electron chi connectivity index (χ3n) is 4.01. The zero-order valence-corrected chi connectivity index (χ0v) is 13.5. The van der Waals surface area contributed by atoms with E-state index in [-0.39, 0.29) is 5.97 Å². The van der Waals surface area contributed by atoms with E-state index in [9.17, 15) is 4.79 Å². The first-order valence-corrected chi connectivity index (χ1v) is 7.43. The van der Waals surface area contributed by atoms with Crippen molar-refractivity contribution in [3.8, 4) is 0 Å². The first-order valence-electron chi connectivity index (χ1n) is 7.43. The van der Waals surface area contributed by atoms with Gasteiger partial charge < -0.3 is 14.8 Å². The van der Waals surface area contributed by atoms with Crippen molar-refractivity contribution in [3.63, 3.8) is 0 Å². The molecule has 1 aromatic rings. The quantitative estimate of drug-likeness (QED) is 0.864. The number of ether oxygens (including phenoxy) is 2. The maximum absolute atomic E-state index is 12.7. The Kier molecular flexibility index (Phi) is 4.02. The van der Waals surface area contributed by atoms with Gasteiger partial charge in [-0.1, -0.05) is 18.2 Å². The minimum absolute atomic E-state index is 0.260. The molecule has 21 heavy (non-hydrogen) atoms. The molecule has 0 bridgehead atoms. The number of hydrogen-bond acceptors (Lipinski definition) is 4. The summed E-state index contributed by atoms with van der Waals surface area (Å²) in [5.41, 5.74) is -1.07. The fraction of sp³-hybridized carbons (Fsp3) is 0.588. The molecule has 0 aromatic heterocycles. The molecule has 4 nitrogen and oxygen atoms in total. The van der Waals surface area contributed by atoms with Gasteiger partial charge in [-0.15, -0.1) is 0 Å². The molecule has 4 heteroatoms. The Bertz CT molecular complexity index is 510. The van der Waals surface area contributed by atoms with Crippen LogP contribution in [0, 0.1) is 0 Å².